The highest BCUT2D eigenvalue weighted by atomic mass is 16.7. The van der Waals surface area contributed by atoms with Crippen LogP contribution in [-0.2, 0) is 16.1 Å². The van der Waals surface area contributed by atoms with Crippen molar-refractivity contribution in [2.75, 3.05) is 21.0 Å². The number of amides is 1. The molecular weight excluding hydrogens is 306 g/mol. The van der Waals surface area contributed by atoms with Crippen LogP contribution in [0.25, 0.3) is 0 Å². The molecule has 1 aromatic carbocycles. The maximum Gasteiger partial charge on any atom is 0.283 e. The Kier molecular flexibility index (Phi) is 4.11. The second kappa shape index (κ2) is 6.21. The molecule has 0 saturated heterocycles. The number of fused-ring (bicyclic) bond motifs is 1. The lowest BCUT2D eigenvalue weighted by Gasteiger charge is -2.15. The van der Waals surface area contributed by atoms with Gasteiger partial charge in [0.15, 0.2) is 11.5 Å². The Bertz CT molecular complexity index is 660. The van der Waals surface area contributed by atoms with E-state index in [0.717, 1.165) is 5.56 Å². The van der Waals surface area contributed by atoms with E-state index in [-0.39, 0.29) is 18.6 Å². The molecule has 0 aromatic heterocycles. The number of nitrogens with one attached hydrogen (secondary N) is 1. The summed E-state index contributed by atoms with van der Waals surface area (Å²) >= 11 is 0. The number of rotatable bonds is 5. The van der Waals surface area contributed by atoms with Crippen LogP contribution in [0.1, 0.15) is 12.0 Å². The molecule has 1 atom stereocenters. The fraction of sp³-hybridized carbons (Fsp3) is 0.429. The molecular formula is C14H17N3O6. The first-order valence-corrected chi connectivity index (χ1v) is 6.95. The monoisotopic (exact) mass is 323 g/mol. The average Bonchev–Trinajstić information content (AvgIpc) is 3.22. The molecule has 2 aliphatic rings. The van der Waals surface area contributed by atoms with Crippen molar-refractivity contribution < 1.29 is 28.6 Å². The van der Waals surface area contributed by atoms with Gasteiger partial charge >= 0.3 is 0 Å². The molecule has 0 aliphatic carbocycles. The summed E-state index contributed by atoms with van der Waals surface area (Å²) in [6.45, 7) is 0.107. The lowest BCUT2D eigenvalue weighted by molar-refractivity contribution is -0.115. The Morgan fingerprint density at radius 2 is 2.17 bits per heavy atom. The van der Waals surface area contributed by atoms with Gasteiger partial charge in [-0.15, -0.1) is 0 Å². The number of carbonyl (C=O) groups is 1. The van der Waals surface area contributed by atoms with Crippen LogP contribution in [0.5, 0.6) is 23.0 Å². The standard InChI is InChI=1S/C14H17N3O6/c1-19-10-4-7(11(20-2)13-12(10)21-6-22-13)3-8-5-9(17-23-8)14(18)16-15/h4,8H,3,5-6,15H2,1-2H3,(H,16,18)/t8-/m1/s1. The van der Waals surface area contributed by atoms with Crippen molar-refractivity contribution in [3.05, 3.63) is 11.6 Å². The number of carbonyl (C=O) groups excluding carboxylic acids is 1. The summed E-state index contributed by atoms with van der Waals surface area (Å²) in [5, 5.41) is 3.75. The van der Waals surface area contributed by atoms with Crippen molar-refractivity contribution in [3.63, 3.8) is 0 Å². The predicted octanol–water partition coefficient (Wildman–Crippen LogP) is 0.110. The van der Waals surface area contributed by atoms with E-state index in [4.69, 9.17) is 29.6 Å². The lowest BCUT2D eigenvalue weighted by Crippen LogP contribution is -2.36. The normalized spacial score (nSPS) is 18.2. The Labute approximate surface area is 132 Å². The van der Waals surface area contributed by atoms with Crippen LogP contribution in [0.3, 0.4) is 0 Å². The molecule has 0 spiro atoms. The van der Waals surface area contributed by atoms with Crippen LogP contribution in [0, 0.1) is 0 Å². The number of ether oxygens (including phenoxy) is 4. The molecule has 2 aliphatic heterocycles. The third-order valence-electron chi connectivity index (χ3n) is 3.64. The van der Waals surface area contributed by atoms with Gasteiger partial charge in [0.1, 0.15) is 11.8 Å². The SMILES string of the molecule is COc1cc(C[C@@H]2CC(C(=O)NN)=NO2)c(OC)c2c1OCO2. The smallest absolute Gasteiger partial charge is 0.283 e. The molecule has 0 radical (unpaired) electrons. The highest BCUT2D eigenvalue weighted by Crippen LogP contribution is 2.49. The van der Waals surface area contributed by atoms with Gasteiger partial charge in [-0.2, -0.15) is 0 Å². The van der Waals surface area contributed by atoms with Crippen molar-refractivity contribution in [1.82, 2.24) is 5.43 Å². The second-order valence-electron chi connectivity index (χ2n) is 4.98. The van der Waals surface area contributed by atoms with E-state index in [1.54, 1.807) is 20.3 Å². The quantitative estimate of drug-likeness (QED) is 0.449. The number of methoxy groups -OCH3 is 2. The molecule has 0 unspecified atom stereocenters. The summed E-state index contributed by atoms with van der Waals surface area (Å²) in [6.07, 6.45) is 0.505. The number of oxime groups is 1. The van der Waals surface area contributed by atoms with E-state index in [9.17, 15) is 4.79 Å². The molecule has 3 rings (SSSR count). The number of hydrogen-bond acceptors (Lipinski definition) is 8. The van der Waals surface area contributed by atoms with Crippen LogP contribution in [0.4, 0.5) is 0 Å². The second-order valence-corrected chi connectivity index (χ2v) is 4.98. The summed E-state index contributed by atoms with van der Waals surface area (Å²) in [6, 6.07) is 1.80. The Morgan fingerprint density at radius 3 is 2.87 bits per heavy atom. The minimum atomic E-state index is -0.456. The minimum Gasteiger partial charge on any atom is -0.493 e. The van der Waals surface area contributed by atoms with Crippen LogP contribution in [-0.4, -0.2) is 38.7 Å². The van der Waals surface area contributed by atoms with Crippen molar-refractivity contribution in [1.29, 1.82) is 0 Å². The van der Waals surface area contributed by atoms with E-state index < -0.39 is 5.91 Å². The summed E-state index contributed by atoms with van der Waals surface area (Å²) in [5.74, 6) is 6.75. The van der Waals surface area contributed by atoms with Crippen molar-refractivity contribution in [2.45, 2.75) is 18.9 Å². The van der Waals surface area contributed by atoms with Gasteiger partial charge in [-0.3, -0.25) is 10.2 Å². The third-order valence-corrected chi connectivity index (χ3v) is 3.64. The van der Waals surface area contributed by atoms with Crippen molar-refractivity contribution >= 4 is 11.6 Å². The van der Waals surface area contributed by atoms with Gasteiger partial charge in [-0.1, -0.05) is 5.16 Å². The summed E-state index contributed by atoms with van der Waals surface area (Å²) in [4.78, 5) is 16.7. The molecule has 1 amide bonds. The Hall–Kier alpha value is -2.68. The molecule has 23 heavy (non-hydrogen) atoms. The molecule has 9 heteroatoms. The van der Waals surface area contributed by atoms with Crippen LogP contribution < -0.4 is 30.2 Å². The van der Waals surface area contributed by atoms with E-state index in [0.29, 0.717) is 35.8 Å². The van der Waals surface area contributed by atoms with E-state index >= 15 is 0 Å². The summed E-state index contributed by atoms with van der Waals surface area (Å²) < 4.78 is 21.6. The molecule has 0 saturated carbocycles. The summed E-state index contributed by atoms with van der Waals surface area (Å²) in [5.41, 5.74) is 3.10. The van der Waals surface area contributed by atoms with Gasteiger partial charge < -0.3 is 23.8 Å². The number of nitrogens with two attached hydrogens (primary N) is 1. The molecule has 2 heterocycles. The molecule has 1 aromatic rings. The van der Waals surface area contributed by atoms with Crippen LogP contribution in [0.15, 0.2) is 11.2 Å². The fourth-order valence-corrected chi connectivity index (χ4v) is 2.59. The zero-order chi connectivity index (χ0) is 16.4. The van der Waals surface area contributed by atoms with E-state index in [2.05, 4.69) is 5.16 Å². The fourth-order valence-electron chi connectivity index (χ4n) is 2.59. The highest BCUT2D eigenvalue weighted by molar-refractivity contribution is 6.38. The van der Waals surface area contributed by atoms with Gasteiger partial charge in [-0.05, 0) is 6.07 Å². The average molecular weight is 323 g/mol. The molecule has 124 valence electrons. The third kappa shape index (κ3) is 2.70. The van der Waals surface area contributed by atoms with Crippen molar-refractivity contribution in [3.8, 4) is 23.0 Å². The molecule has 0 bridgehead atoms. The zero-order valence-corrected chi connectivity index (χ0v) is 12.8. The largest absolute Gasteiger partial charge is 0.493 e. The topological polar surface area (TPSA) is 114 Å². The predicted molar refractivity (Wildman–Crippen MR) is 78.6 cm³/mol. The van der Waals surface area contributed by atoms with Gasteiger partial charge in [-0.25, -0.2) is 5.84 Å². The zero-order valence-electron chi connectivity index (χ0n) is 12.8. The van der Waals surface area contributed by atoms with Gasteiger partial charge in [0, 0.05) is 18.4 Å². The van der Waals surface area contributed by atoms with Gasteiger partial charge in [0.25, 0.3) is 5.91 Å². The van der Waals surface area contributed by atoms with E-state index in [1.165, 1.54) is 0 Å². The van der Waals surface area contributed by atoms with E-state index in [1.807, 2.05) is 5.43 Å². The van der Waals surface area contributed by atoms with Gasteiger partial charge in [0.2, 0.25) is 18.3 Å². The first kappa shape index (κ1) is 15.2. The number of hydrogen-bond donors (Lipinski definition) is 2. The van der Waals surface area contributed by atoms with Crippen molar-refractivity contribution in [2.24, 2.45) is 11.0 Å². The first-order valence-electron chi connectivity index (χ1n) is 6.95. The van der Waals surface area contributed by atoms with Crippen LogP contribution in [0.2, 0.25) is 0 Å². The number of hydrazine groups is 1. The Balaban J connectivity index is 1.83. The number of benzene rings is 1. The lowest BCUT2D eigenvalue weighted by atomic mass is 10.0. The highest BCUT2D eigenvalue weighted by Gasteiger charge is 2.31. The minimum absolute atomic E-state index is 0.107. The Morgan fingerprint density at radius 1 is 1.39 bits per heavy atom. The van der Waals surface area contributed by atoms with Gasteiger partial charge in [0.05, 0.1) is 14.2 Å². The maximum absolute atomic E-state index is 11.5. The van der Waals surface area contributed by atoms with Crippen LogP contribution >= 0.6 is 0 Å². The molecule has 9 nitrogen and oxygen atoms in total. The molecule has 0 fully saturated rings. The molecule has 3 N–H and O–H groups in total. The number of nitrogens with zero attached hydrogens (tertiary/aromatic N) is 1. The summed E-state index contributed by atoms with van der Waals surface area (Å²) in [7, 11) is 3.10. The maximum atomic E-state index is 11.5. The first-order chi connectivity index (χ1) is 11.2.